The van der Waals surface area contributed by atoms with Crippen molar-refractivity contribution in [3.63, 3.8) is 0 Å². The van der Waals surface area contributed by atoms with Crippen LogP contribution in [-0.2, 0) is 7.05 Å². The van der Waals surface area contributed by atoms with E-state index in [-0.39, 0.29) is 0 Å². The Labute approximate surface area is 119 Å². The highest BCUT2D eigenvalue weighted by atomic mass is 14.9. The van der Waals surface area contributed by atoms with Crippen molar-refractivity contribution in [3.8, 4) is 0 Å². The van der Waals surface area contributed by atoms with E-state index in [1.165, 1.54) is 27.5 Å². The molecule has 0 amide bonds. The number of fused-ring (bicyclic) bond motifs is 1. The van der Waals surface area contributed by atoms with Crippen LogP contribution in [-0.4, -0.2) is 0 Å². The second-order valence-electron chi connectivity index (χ2n) is 5.24. The number of benzene rings is 2. The summed E-state index contributed by atoms with van der Waals surface area (Å²) < 4.78 is 2.04. The zero-order valence-electron chi connectivity index (χ0n) is 11.9. The number of hydrogen-bond acceptors (Lipinski definition) is 0. The Morgan fingerprint density at radius 1 is 0.750 bits per heavy atom. The largest absolute Gasteiger partial charge is 0.208 e. The summed E-state index contributed by atoms with van der Waals surface area (Å²) in [5.41, 5.74) is 3.75. The van der Waals surface area contributed by atoms with Gasteiger partial charge in [-0.25, -0.2) is 4.57 Å². The number of aromatic nitrogens is 1. The minimum absolute atomic E-state index is 1.21. The Balaban J connectivity index is 1.90. The molecule has 3 aromatic rings. The van der Waals surface area contributed by atoms with Gasteiger partial charge in [-0.2, -0.15) is 0 Å². The molecule has 0 N–H and O–H groups in total. The van der Waals surface area contributed by atoms with E-state index in [9.17, 15) is 0 Å². The van der Waals surface area contributed by atoms with E-state index >= 15 is 0 Å². The first kappa shape index (κ1) is 12.6. The average molecular weight is 260 g/mol. The average Bonchev–Trinajstić information content (AvgIpc) is 2.46. The van der Waals surface area contributed by atoms with Gasteiger partial charge in [-0.3, -0.25) is 0 Å². The molecule has 1 heterocycles. The van der Waals surface area contributed by atoms with E-state index in [0.29, 0.717) is 0 Å². The van der Waals surface area contributed by atoms with Crippen LogP contribution >= 0.6 is 0 Å². The monoisotopic (exact) mass is 260 g/mol. The maximum atomic E-state index is 2.23. The summed E-state index contributed by atoms with van der Waals surface area (Å²) in [4.78, 5) is 0. The van der Waals surface area contributed by atoms with Gasteiger partial charge >= 0.3 is 0 Å². The van der Waals surface area contributed by atoms with Crippen LogP contribution in [0.3, 0.4) is 0 Å². The minimum atomic E-state index is 1.21. The first-order valence-corrected chi connectivity index (χ1v) is 6.84. The molecule has 0 spiro atoms. The van der Waals surface area contributed by atoms with Crippen LogP contribution in [0, 0.1) is 6.92 Å². The third kappa shape index (κ3) is 2.77. The summed E-state index contributed by atoms with van der Waals surface area (Å²) in [5, 5.41) is 2.59. The molecule has 20 heavy (non-hydrogen) atoms. The van der Waals surface area contributed by atoms with Gasteiger partial charge in [0.05, 0.1) is 0 Å². The molecule has 2 aromatic carbocycles. The molecule has 0 aliphatic carbocycles. The normalized spacial score (nSPS) is 11.3. The van der Waals surface area contributed by atoms with Crippen molar-refractivity contribution in [1.82, 2.24) is 0 Å². The van der Waals surface area contributed by atoms with Gasteiger partial charge in [-0.05, 0) is 34.9 Å². The molecule has 3 rings (SSSR count). The Hall–Kier alpha value is -2.41. The fraction of sp³-hybridized carbons (Fsp3) is 0.105. The van der Waals surface area contributed by atoms with Crippen LogP contribution in [0.5, 0.6) is 0 Å². The summed E-state index contributed by atoms with van der Waals surface area (Å²) in [7, 11) is 2.03. The number of nitrogens with zero attached hydrogens (tertiary/aromatic N) is 1. The highest BCUT2D eigenvalue weighted by molar-refractivity contribution is 5.86. The molecule has 1 heteroatoms. The Kier molecular flexibility index (Phi) is 3.34. The van der Waals surface area contributed by atoms with Crippen molar-refractivity contribution in [1.29, 1.82) is 0 Å². The number of rotatable bonds is 2. The van der Waals surface area contributed by atoms with Gasteiger partial charge in [0.2, 0.25) is 0 Å². The van der Waals surface area contributed by atoms with Crippen LogP contribution < -0.4 is 4.57 Å². The van der Waals surface area contributed by atoms with E-state index < -0.39 is 0 Å². The van der Waals surface area contributed by atoms with Crippen molar-refractivity contribution in [2.45, 2.75) is 6.92 Å². The lowest BCUT2D eigenvalue weighted by atomic mass is 10.0. The van der Waals surface area contributed by atoms with Crippen LogP contribution in [0.2, 0.25) is 0 Å². The van der Waals surface area contributed by atoms with Crippen molar-refractivity contribution in [2.24, 2.45) is 7.05 Å². The predicted octanol–water partition coefficient (Wildman–Crippen LogP) is 4.14. The van der Waals surface area contributed by atoms with Crippen LogP contribution in [0.1, 0.15) is 16.7 Å². The molecule has 0 aliphatic heterocycles. The molecule has 0 bridgehead atoms. The van der Waals surface area contributed by atoms with Crippen LogP contribution in [0.4, 0.5) is 0 Å². The predicted molar refractivity (Wildman–Crippen MR) is 85.2 cm³/mol. The lowest BCUT2D eigenvalue weighted by Crippen LogP contribution is -2.25. The summed E-state index contributed by atoms with van der Waals surface area (Å²) in [6, 6.07) is 17.4. The van der Waals surface area contributed by atoms with Crippen molar-refractivity contribution >= 4 is 22.9 Å². The Bertz CT molecular complexity index is 767. The highest BCUT2D eigenvalue weighted by Gasteiger charge is 1.96. The molecule has 0 radical (unpaired) electrons. The second kappa shape index (κ2) is 5.30. The van der Waals surface area contributed by atoms with Gasteiger partial charge in [0.25, 0.3) is 0 Å². The minimum Gasteiger partial charge on any atom is -0.208 e. The van der Waals surface area contributed by atoms with Gasteiger partial charge in [0.15, 0.2) is 12.4 Å². The van der Waals surface area contributed by atoms with Gasteiger partial charge in [0.1, 0.15) is 7.05 Å². The number of hydrogen-bond donors (Lipinski definition) is 0. The lowest BCUT2D eigenvalue weighted by molar-refractivity contribution is -0.671. The van der Waals surface area contributed by atoms with Crippen LogP contribution in [0.15, 0.2) is 60.9 Å². The van der Waals surface area contributed by atoms with E-state index in [1.54, 1.807) is 0 Å². The molecule has 0 unspecified atom stereocenters. The van der Waals surface area contributed by atoms with Crippen molar-refractivity contribution < 1.29 is 4.57 Å². The Morgan fingerprint density at radius 2 is 1.40 bits per heavy atom. The number of aryl methyl sites for hydroxylation is 2. The lowest BCUT2D eigenvalue weighted by Gasteiger charge is -2.01. The molecule has 0 atom stereocenters. The van der Waals surface area contributed by atoms with E-state index in [2.05, 4.69) is 80.0 Å². The van der Waals surface area contributed by atoms with Crippen LogP contribution in [0.25, 0.3) is 22.9 Å². The van der Waals surface area contributed by atoms with E-state index in [1.807, 2.05) is 11.6 Å². The van der Waals surface area contributed by atoms with E-state index in [0.717, 1.165) is 0 Å². The van der Waals surface area contributed by atoms with Crippen molar-refractivity contribution in [2.75, 3.05) is 0 Å². The number of pyridine rings is 1. The molecule has 98 valence electrons. The summed E-state index contributed by atoms with van der Waals surface area (Å²) >= 11 is 0. The SMILES string of the molecule is Cc1ccc2cc(/C=C/c3cc[n+](C)cc3)ccc2c1. The Morgan fingerprint density at radius 3 is 2.20 bits per heavy atom. The van der Waals surface area contributed by atoms with E-state index in [4.69, 9.17) is 0 Å². The summed E-state index contributed by atoms with van der Waals surface area (Å²) in [6.45, 7) is 2.13. The summed E-state index contributed by atoms with van der Waals surface area (Å²) in [5.74, 6) is 0. The second-order valence-corrected chi connectivity index (χ2v) is 5.24. The van der Waals surface area contributed by atoms with Gasteiger partial charge < -0.3 is 0 Å². The summed E-state index contributed by atoms with van der Waals surface area (Å²) in [6.07, 6.45) is 8.43. The molecule has 0 aliphatic rings. The quantitative estimate of drug-likeness (QED) is 0.610. The molecular formula is C19H18N+. The zero-order chi connectivity index (χ0) is 13.9. The maximum absolute atomic E-state index is 2.23. The molecule has 0 saturated heterocycles. The zero-order valence-corrected chi connectivity index (χ0v) is 11.9. The first-order chi connectivity index (χ1) is 9.70. The standard InChI is InChI=1S/C19H18N/c1-15-3-7-19-14-17(6-8-18(19)13-15)5-4-16-9-11-20(2)12-10-16/h3-14H,1-2H3/q+1/b5-4+. The van der Waals surface area contributed by atoms with Gasteiger partial charge in [0, 0.05) is 12.1 Å². The molecule has 0 fully saturated rings. The van der Waals surface area contributed by atoms with Gasteiger partial charge in [-0.15, -0.1) is 0 Å². The fourth-order valence-corrected chi connectivity index (χ4v) is 2.30. The molecule has 1 aromatic heterocycles. The maximum Gasteiger partial charge on any atom is 0.169 e. The van der Waals surface area contributed by atoms with Crippen molar-refractivity contribution in [3.05, 3.63) is 77.6 Å². The highest BCUT2D eigenvalue weighted by Crippen LogP contribution is 2.19. The topological polar surface area (TPSA) is 3.88 Å². The third-order valence-electron chi connectivity index (χ3n) is 3.49. The molecular weight excluding hydrogens is 242 g/mol. The fourth-order valence-electron chi connectivity index (χ4n) is 2.30. The molecule has 1 nitrogen and oxygen atoms in total. The smallest absolute Gasteiger partial charge is 0.169 e. The molecule has 0 saturated carbocycles. The van der Waals surface area contributed by atoms with Gasteiger partial charge in [-0.1, -0.05) is 48.0 Å². The third-order valence-corrected chi connectivity index (χ3v) is 3.49. The first-order valence-electron chi connectivity index (χ1n) is 6.84.